The number of esters is 1. The molecule has 1 amide bonds. The van der Waals surface area contributed by atoms with Crippen molar-refractivity contribution < 1.29 is 19.1 Å². The van der Waals surface area contributed by atoms with Crippen LogP contribution in [0.25, 0.3) is 0 Å². The van der Waals surface area contributed by atoms with Crippen molar-refractivity contribution in [2.45, 2.75) is 26.9 Å². The highest BCUT2D eigenvalue weighted by Gasteiger charge is 2.20. The summed E-state index contributed by atoms with van der Waals surface area (Å²) in [4.78, 5) is 27.9. The molecule has 1 heterocycles. The maximum absolute atomic E-state index is 12.1. The van der Waals surface area contributed by atoms with Gasteiger partial charge in [0, 0.05) is 6.20 Å². The predicted octanol–water partition coefficient (Wildman–Crippen LogP) is 3.95. The summed E-state index contributed by atoms with van der Waals surface area (Å²) in [6, 6.07) is 7.12. The van der Waals surface area contributed by atoms with E-state index in [0.717, 1.165) is 11.1 Å². The molecule has 0 aliphatic heterocycles. The lowest BCUT2D eigenvalue weighted by Crippen LogP contribution is -2.32. The lowest BCUT2D eigenvalue weighted by Gasteiger charge is -2.14. The number of carbonyl (C=O) groups is 2. The lowest BCUT2D eigenvalue weighted by atomic mass is 10.1. The summed E-state index contributed by atoms with van der Waals surface area (Å²) < 4.78 is 10.5. The van der Waals surface area contributed by atoms with Gasteiger partial charge in [0.2, 0.25) is 0 Å². The molecule has 138 valence electrons. The van der Waals surface area contributed by atoms with E-state index in [0.29, 0.717) is 10.8 Å². The Bertz CT molecular complexity index is 827. The van der Waals surface area contributed by atoms with E-state index in [1.54, 1.807) is 0 Å². The van der Waals surface area contributed by atoms with E-state index in [1.165, 1.54) is 19.2 Å². The smallest absolute Gasteiger partial charge is 0.344 e. The van der Waals surface area contributed by atoms with Crippen LogP contribution in [0.15, 0.2) is 30.5 Å². The third-order valence-corrected chi connectivity index (χ3v) is 3.91. The van der Waals surface area contributed by atoms with E-state index in [9.17, 15) is 9.59 Å². The lowest BCUT2D eigenvalue weighted by molar-refractivity contribution is -0.155. The Labute approximate surface area is 161 Å². The molecule has 0 radical (unpaired) electrons. The van der Waals surface area contributed by atoms with Crippen molar-refractivity contribution in [3.8, 4) is 5.75 Å². The van der Waals surface area contributed by atoms with Gasteiger partial charge >= 0.3 is 5.97 Å². The van der Waals surface area contributed by atoms with Crippen LogP contribution >= 0.6 is 23.2 Å². The second kappa shape index (κ2) is 8.87. The SMILES string of the molecule is Cc1ccc(C)c(OCC(=O)O[C@@H](C)C(=O)Nc2ncc(Cl)cc2Cl)c1. The van der Waals surface area contributed by atoms with Crippen molar-refractivity contribution in [2.24, 2.45) is 0 Å². The minimum Gasteiger partial charge on any atom is -0.482 e. The maximum atomic E-state index is 12.1. The Balaban J connectivity index is 1.87. The average molecular weight is 397 g/mol. The Hall–Kier alpha value is -2.31. The van der Waals surface area contributed by atoms with E-state index in [-0.39, 0.29) is 17.4 Å². The van der Waals surface area contributed by atoms with Crippen LogP contribution in [0, 0.1) is 13.8 Å². The molecule has 0 fully saturated rings. The molecule has 1 aromatic heterocycles. The minimum absolute atomic E-state index is 0.135. The molecule has 0 saturated carbocycles. The highest BCUT2D eigenvalue weighted by molar-refractivity contribution is 6.36. The van der Waals surface area contributed by atoms with Crippen molar-refractivity contribution in [3.05, 3.63) is 51.6 Å². The monoisotopic (exact) mass is 396 g/mol. The number of amides is 1. The van der Waals surface area contributed by atoms with Crippen molar-refractivity contribution in [3.63, 3.8) is 0 Å². The number of hydrogen-bond acceptors (Lipinski definition) is 5. The molecular weight excluding hydrogens is 379 g/mol. The van der Waals surface area contributed by atoms with Gasteiger partial charge in [0.25, 0.3) is 5.91 Å². The molecule has 2 aromatic rings. The first-order valence-electron chi connectivity index (χ1n) is 7.77. The standard InChI is InChI=1S/C18H18Cl2N2O4/c1-10-4-5-11(2)15(6-10)25-9-16(23)26-12(3)18(24)22-17-14(20)7-13(19)8-21-17/h4-8,12H,9H2,1-3H3,(H,21,22,24)/t12-/m0/s1. The van der Waals surface area contributed by atoms with E-state index >= 15 is 0 Å². The van der Waals surface area contributed by atoms with E-state index in [1.807, 2.05) is 32.0 Å². The van der Waals surface area contributed by atoms with Gasteiger partial charge in [-0.2, -0.15) is 0 Å². The maximum Gasteiger partial charge on any atom is 0.344 e. The predicted molar refractivity (Wildman–Crippen MR) is 99.9 cm³/mol. The fraction of sp³-hybridized carbons (Fsp3) is 0.278. The van der Waals surface area contributed by atoms with Crippen LogP contribution in [0.4, 0.5) is 5.82 Å². The number of nitrogens with one attached hydrogen (secondary N) is 1. The molecular formula is C18H18Cl2N2O4. The van der Waals surface area contributed by atoms with Gasteiger partial charge in [0.15, 0.2) is 18.5 Å². The number of pyridine rings is 1. The largest absolute Gasteiger partial charge is 0.482 e. The molecule has 0 spiro atoms. The highest BCUT2D eigenvalue weighted by atomic mass is 35.5. The number of ether oxygens (including phenoxy) is 2. The first kappa shape index (κ1) is 20.0. The molecule has 26 heavy (non-hydrogen) atoms. The number of halogens is 2. The number of rotatable bonds is 6. The van der Waals surface area contributed by atoms with Crippen LogP contribution in [-0.2, 0) is 14.3 Å². The number of carbonyl (C=O) groups excluding carboxylic acids is 2. The number of aromatic nitrogens is 1. The second-order valence-electron chi connectivity index (χ2n) is 5.66. The van der Waals surface area contributed by atoms with Crippen LogP contribution in [-0.4, -0.2) is 29.6 Å². The summed E-state index contributed by atoms with van der Waals surface area (Å²) in [6.45, 7) is 4.93. The van der Waals surface area contributed by atoms with Gasteiger partial charge in [-0.25, -0.2) is 9.78 Å². The molecule has 1 atom stereocenters. The number of benzene rings is 1. The zero-order valence-corrected chi connectivity index (χ0v) is 16.0. The summed E-state index contributed by atoms with van der Waals surface area (Å²) in [6.07, 6.45) is 0.302. The van der Waals surface area contributed by atoms with E-state index in [2.05, 4.69) is 10.3 Å². The number of anilines is 1. The number of nitrogens with zero attached hydrogens (tertiary/aromatic N) is 1. The molecule has 0 bridgehead atoms. The number of aryl methyl sites for hydroxylation is 2. The second-order valence-corrected chi connectivity index (χ2v) is 6.51. The summed E-state index contributed by atoms with van der Waals surface area (Å²) in [7, 11) is 0. The third kappa shape index (κ3) is 5.61. The van der Waals surface area contributed by atoms with Crippen LogP contribution in [0.1, 0.15) is 18.1 Å². The molecule has 8 heteroatoms. The van der Waals surface area contributed by atoms with Crippen LogP contribution in [0.3, 0.4) is 0 Å². The topological polar surface area (TPSA) is 77.5 Å². The Kier molecular flexibility index (Phi) is 6.83. The van der Waals surface area contributed by atoms with Crippen molar-refractivity contribution in [2.75, 3.05) is 11.9 Å². The van der Waals surface area contributed by atoms with Gasteiger partial charge in [-0.3, -0.25) is 4.79 Å². The van der Waals surface area contributed by atoms with Gasteiger partial charge in [0.1, 0.15) is 5.75 Å². The van der Waals surface area contributed by atoms with E-state index in [4.69, 9.17) is 32.7 Å². The Morgan fingerprint density at radius 2 is 1.96 bits per heavy atom. The highest BCUT2D eigenvalue weighted by Crippen LogP contribution is 2.23. The molecule has 1 aromatic carbocycles. The number of hydrogen-bond donors (Lipinski definition) is 1. The van der Waals surface area contributed by atoms with Crippen molar-refractivity contribution in [1.29, 1.82) is 0 Å². The van der Waals surface area contributed by atoms with Gasteiger partial charge in [-0.05, 0) is 44.0 Å². The summed E-state index contributed by atoms with van der Waals surface area (Å²) in [5.41, 5.74) is 1.91. The first-order chi connectivity index (χ1) is 12.3. The molecule has 0 unspecified atom stereocenters. The molecule has 0 aliphatic rings. The summed E-state index contributed by atoms with van der Waals surface area (Å²) >= 11 is 11.7. The Morgan fingerprint density at radius 3 is 2.65 bits per heavy atom. The third-order valence-electron chi connectivity index (χ3n) is 3.42. The summed E-state index contributed by atoms with van der Waals surface area (Å²) in [5.74, 6) is -0.502. The fourth-order valence-corrected chi connectivity index (χ4v) is 2.44. The zero-order valence-electron chi connectivity index (χ0n) is 14.5. The van der Waals surface area contributed by atoms with Gasteiger partial charge in [-0.15, -0.1) is 0 Å². The molecule has 0 aliphatic carbocycles. The van der Waals surface area contributed by atoms with Gasteiger partial charge in [-0.1, -0.05) is 35.3 Å². The van der Waals surface area contributed by atoms with Crippen molar-refractivity contribution >= 4 is 40.9 Å². The van der Waals surface area contributed by atoms with Gasteiger partial charge < -0.3 is 14.8 Å². The van der Waals surface area contributed by atoms with Crippen LogP contribution in [0.2, 0.25) is 10.0 Å². The normalized spacial score (nSPS) is 11.6. The van der Waals surface area contributed by atoms with Gasteiger partial charge in [0.05, 0.1) is 10.0 Å². The molecule has 1 N–H and O–H groups in total. The summed E-state index contributed by atoms with van der Waals surface area (Å²) in [5, 5.41) is 3.00. The fourth-order valence-electron chi connectivity index (χ4n) is 2.01. The van der Waals surface area contributed by atoms with Crippen molar-refractivity contribution in [1.82, 2.24) is 4.98 Å². The van der Waals surface area contributed by atoms with Crippen LogP contribution < -0.4 is 10.1 Å². The molecule has 0 saturated heterocycles. The quantitative estimate of drug-likeness (QED) is 0.747. The zero-order chi connectivity index (χ0) is 19.3. The van der Waals surface area contributed by atoms with E-state index < -0.39 is 18.0 Å². The van der Waals surface area contributed by atoms with Crippen LogP contribution in [0.5, 0.6) is 5.75 Å². The molecule has 2 rings (SSSR count). The first-order valence-corrected chi connectivity index (χ1v) is 8.53. The molecule has 6 nitrogen and oxygen atoms in total. The average Bonchev–Trinajstić information content (AvgIpc) is 2.58. The minimum atomic E-state index is -1.04. The Morgan fingerprint density at radius 1 is 1.23 bits per heavy atom.